The Kier molecular flexibility index (Phi) is 8.43. The smallest absolute Gasteiger partial charge is 0.165 e. The van der Waals surface area contributed by atoms with Crippen LogP contribution in [0.25, 0.3) is 0 Å². The standard InChI is InChI=1S/C18H30O4/c1-5-10-16(22-17-11-8-9-12-21-17)14(6-2)18(20)13(4)15(19)7-3/h16-17,20H,4-12H2,1-3H3/b18-14-/t16-,17-/m0/s1. The molecule has 4 nitrogen and oxygen atoms in total. The van der Waals surface area contributed by atoms with Crippen LogP contribution < -0.4 is 0 Å². The Bertz CT molecular complexity index is 405. The number of hydrogen-bond acceptors (Lipinski definition) is 4. The van der Waals surface area contributed by atoms with Gasteiger partial charge in [0.1, 0.15) is 5.76 Å². The first kappa shape index (κ1) is 18.9. The minimum Gasteiger partial charge on any atom is -0.507 e. The first-order valence-corrected chi connectivity index (χ1v) is 8.46. The molecule has 0 unspecified atom stereocenters. The fourth-order valence-electron chi connectivity index (χ4n) is 2.68. The second-order valence-electron chi connectivity index (χ2n) is 5.69. The van der Waals surface area contributed by atoms with Crippen LogP contribution in [-0.4, -0.2) is 29.9 Å². The maximum Gasteiger partial charge on any atom is 0.165 e. The van der Waals surface area contributed by atoms with Crippen molar-refractivity contribution in [3.63, 3.8) is 0 Å². The first-order valence-electron chi connectivity index (χ1n) is 8.46. The zero-order chi connectivity index (χ0) is 16.5. The Morgan fingerprint density at radius 2 is 2.05 bits per heavy atom. The van der Waals surface area contributed by atoms with Crippen LogP contribution in [0.1, 0.15) is 65.7 Å². The maximum atomic E-state index is 11.8. The molecule has 1 aliphatic heterocycles. The molecule has 1 rings (SSSR count). The van der Waals surface area contributed by atoms with Gasteiger partial charge >= 0.3 is 0 Å². The van der Waals surface area contributed by atoms with Crippen molar-refractivity contribution >= 4 is 5.78 Å². The van der Waals surface area contributed by atoms with E-state index in [1.165, 1.54) is 0 Å². The van der Waals surface area contributed by atoms with E-state index in [-0.39, 0.29) is 29.5 Å². The van der Waals surface area contributed by atoms with E-state index in [4.69, 9.17) is 9.47 Å². The highest BCUT2D eigenvalue weighted by molar-refractivity contribution is 5.98. The summed E-state index contributed by atoms with van der Waals surface area (Å²) < 4.78 is 11.7. The quantitative estimate of drug-likeness (QED) is 0.388. The zero-order valence-electron chi connectivity index (χ0n) is 14.2. The van der Waals surface area contributed by atoms with Crippen molar-refractivity contribution in [3.05, 3.63) is 23.5 Å². The highest BCUT2D eigenvalue weighted by Crippen LogP contribution is 2.27. The Labute approximate surface area is 134 Å². The number of aliphatic hydroxyl groups is 1. The van der Waals surface area contributed by atoms with Gasteiger partial charge in [0.2, 0.25) is 0 Å². The molecule has 1 N–H and O–H groups in total. The van der Waals surface area contributed by atoms with Gasteiger partial charge in [-0.25, -0.2) is 0 Å². The van der Waals surface area contributed by atoms with Crippen LogP contribution in [0.2, 0.25) is 0 Å². The number of carbonyl (C=O) groups is 1. The lowest BCUT2D eigenvalue weighted by Gasteiger charge is -2.29. The van der Waals surface area contributed by atoms with Gasteiger partial charge in [-0.1, -0.05) is 33.8 Å². The number of ketones is 1. The van der Waals surface area contributed by atoms with Crippen molar-refractivity contribution in [1.82, 2.24) is 0 Å². The van der Waals surface area contributed by atoms with E-state index in [9.17, 15) is 9.90 Å². The van der Waals surface area contributed by atoms with E-state index in [0.29, 0.717) is 12.8 Å². The molecule has 0 radical (unpaired) electrons. The Balaban J connectivity index is 2.92. The predicted molar refractivity (Wildman–Crippen MR) is 87.8 cm³/mol. The number of carbonyl (C=O) groups excluding carboxylic acids is 1. The molecular weight excluding hydrogens is 280 g/mol. The van der Waals surface area contributed by atoms with Gasteiger partial charge in [0.05, 0.1) is 11.7 Å². The molecule has 0 aromatic rings. The Morgan fingerprint density at radius 1 is 1.32 bits per heavy atom. The zero-order valence-corrected chi connectivity index (χ0v) is 14.2. The lowest BCUT2D eigenvalue weighted by molar-refractivity contribution is -0.182. The molecule has 0 spiro atoms. The minimum absolute atomic E-state index is 0.00334. The highest BCUT2D eigenvalue weighted by atomic mass is 16.7. The number of ether oxygens (including phenoxy) is 2. The van der Waals surface area contributed by atoms with Crippen LogP contribution in [0.4, 0.5) is 0 Å². The van der Waals surface area contributed by atoms with Crippen LogP contribution in [0.5, 0.6) is 0 Å². The summed E-state index contributed by atoms with van der Waals surface area (Å²) >= 11 is 0. The van der Waals surface area contributed by atoms with Gasteiger partial charge in [-0.05, 0) is 32.1 Å². The summed E-state index contributed by atoms with van der Waals surface area (Å²) in [6.45, 7) is 10.3. The van der Waals surface area contributed by atoms with Crippen molar-refractivity contribution < 1.29 is 19.4 Å². The molecule has 0 saturated carbocycles. The van der Waals surface area contributed by atoms with Gasteiger partial charge < -0.3 is 14.6 Å². The number of Topliss-reactive ketones (excluding diaryl/α,β-unsaturated/α-hetero) is 1. The van der Waals surface area contributed by atoms with Crippen molar-refractivity contribution in [1.29, 1.82) is 0 Å². The van der Waals surface area contributed by atoms with Crippen molar-refractivity contribution in [2.75, 3.05) is 6.61 Å². The third kappa shape index (κ3) is 5.25. The van der Waals surface area contributed by atoms with Gasteiger partial charge in [-0.15, -0.1) is 0 Å². The van der Waals surface area contributed by atoms with Crippen LogP contribution in [0.3, 0.4) is 0 Å². The SMILES string of the molecule is C=C(C(=O)CC)/C(O)=C(\CC)[C@H](CCC)O[C@H]1CCCCO1. The number of hydrogen-bond donors (Lipinski definition) is 1. The van der Waals surface area contributed by atoms with Gasteiger partial charge in [0.15, 0.2) is 12.1 Å². The molecule has 1 aliphatic rings. The highest BCUT2D eigenvalue weighted by Gasteiger charge is 2.25. The van der Waals surface area contributed by atoms with Crippen LogP contribution >= 0.6 is 0 Å². The van der Waals surface area contributed by atoms with E-state index < -0.39 is 0 Å². The summed E-state index contributed by atoms with van der Waals surface area (Å²) in [4.78, 5) is 11.8. The molecule has 0 aromatic heterocycles. The van der Waals surface area contributed by atoms with E-state index in [0.717, 1.165) is 44.3 Å². The fourth-order valence-corrected chi connectivity index (χ4v) is 2.68. The molecule has 1 fully saturated rings. The molecule has 22 heavy (non-hydrogen) atoms. The monoisotopic (exact) mass is 310 g/mol. The van der Waals surface area contributed by atoms with Crippen molar-refractivity contribution in [2.24, 2.45) is 0 Å². The van der Waals surface area contributed by atoms with Crippen LogP contribution in [0.15, 0.2) is 23.5 Å². The van der Waals surface area contributed by atoms with Crippen LogP contribution in [0, 0.1) is 0 Å². The fraction of sp³-hybridized carbons (Fsp3) is 0.722. The summed E-state index contributed by atoms with van der Waals surface area (Å²) in [6, 6.07) is 0. The van der Waals surface area contributed by atoms with Gasteiger partial charge in [-0.2, -0.15) is 0 Å². The molecule has 2 atom stereocenters. The molecule has 4 heteroatoms. The second-order valence-corrected chi connectivity index (χ2v) is 5.69. The number of allylic oxidation sites excluding steroid dienone is 1. The number of aliphatic hydroxyl groups excluding tert-OH is 1. The molecule has 0 bridgehead atoms. The molecule has 0 amide bonds. The second kappa shape index (κ2) is 9.80. The first-order chi connectivity index (χ1) is 10.5. The Hall–Kier alpha value is -1.13. The van der Waals surface area contributed by atoms with E-state index in [1.807, 2.05) is 6.92 Å². The average molecular weight is 310 g/mol. The minimum atomic E-state index is -0.223. The maximum absolute atomic E-state index is 11.8. The largest absolute Gasteiger partial charge is 0.507 e. The summed E-state index contributed by atoms with van der Waals surface area (Å²) in [5.74, 6) is -0.128. The van der Waals surface area contributed by atoms with E-state index >= 15 is 0 Å². The summed E-state index contributed by atoms with van der Waals surface area (Å²) in [5.41, 5.74) is 0.941. The summed E-state index contributed by atoms with van der Waals surface area (Å²) in [6.07, 6.45) is 5.30. The van der Waals surface area contributed by atoms with Crippen molar-refractivity contribution in [3.8, 4) is 0 Å². The third-order valence-electron chi connectivity index (χ3n) is 4.02. The van der Waals surface area contributed by atoms with Gasteiger partial charge in [-0.3, -0.25) is 4.79 Å². The molecule has 126 valence electrons. The van der Waals surface area contributed by atoms with E-state index in [1.54, 1.807) is 6.92 Å². The lowest BCUT2D eigenvalue weighted by atomic mass is 9.96. The normalized spacial score (nSPS) is 21.1. The molecular formula is C18H30O4. The molecule has 0 aromatic carbocycles. The lowest BCUT2D eigenvalue weighted by Crippen LogP contribution is -2.30. The molecule has 0 aliphatic carbocycles. The summed E-state index contributed by atoms with van der Waals surface area (Å²) in [7, 11) is 0. The van der Waals surface area contributed by atoms with Crippen LogP contribution in [-0.2, 0) is 14.3 Å². The third-order valence-corrected chi connectivity index (χ3v) is 4.02. The van der Waals surface area contributed by atoms with Gasteiger partial charge in [0.25, 0.3) is 0 Å². The molecule has 1 saturated heterocycles. The number of rotatable bonds is 9. The Morgan fingerprint density at radius 3 is 2.55 bits per heavy atom. The summed E-state index contributed by atoms with van der Waals surface area (Å²) in [5, 5.41) is 10.4. The predicted octanol–water partition coefficient (Wildman–Crippen LogP) is 4.46. The van der Waals surface area contributed by atoms with E-state index in [2.05, 4.69) is 13.5 Å². The topological polar surface area (TPSA) is 55.8 Å². The molecule has 1 heterocycles. The van der Waals surface area contributed by atoms with Gasteiger partial charge in [0, 0.05) is 18.6 Å². The van der Waals surface area contributed by atoms with Crippen molar-refractivity contribution in [2.45, 2.75) is 78.1 Å². The average Bonchev–Trinajstić information content (AvgIpc) is 2.55.